The van der Waals surface area contributed by atoms with Gasteiger partial charge >= 0.3 is 0 Å². The summed E-state index contributed by atoms with van der Waals surface area (Å²) in [6.45, 7) is 6.22. The van der Waals surface area contributed by atoms with Gasteiger partial charge in [-0.25, -0.2) is 4.39 Å². The number of likely N-dealkylation sites (tertiary alicyclic amines) is 1. The SMILES string of the molecule is C/C(Cn1cc(C)cn1)=C1/CN(C(C(=O)C2CC2)c2ccccc2F)CCC1S. The summed E-state index contributed by atoms with van der Waals surface area (Å²) in [4.78, 5) is 15.3. The summed E-state index contributed by atoms with van der Waals surface area (Å²) in [6, 6.07) is 6.20. The molecule has 0 amide bonds. The Kier molecular flexibility index (Phi) is 5.93. The number of piperidine rings is 1. The Morgan fingerprint density at radius 2 is 2.07 bits per heavy atom. The third-order valence-corrected chi connectivity index (χ3v) is 6.56. The number of aryl methyl sites for hydroxylation is 1. The van der Waals surface area contributed by atoms with Crippen molar-refractivity contribution in [2.75, 3.05) is 13.1 Å². The van der Waals surface area contributed by atoms with E-state index in [-0.39, 0.29) is 22.8 Å². The number of halogens is 1. The van der Waals surface area contributed by atoms with Crippen LogP contribution in [0.4, 0.5) is 4.39 Å². The van der Waals surface area contributed by atoms with E-state index in [0.717, 1.165) is 31.4 Å². The number of thiol groups is 1. The molecule has 29 heavy (non-hydrogen) atoms. The number of benzene rings is 1. The van der Waals surface area contributed by atoms with Crippen LogP contribution in [0.15, 0.2) is 47.8 Å². The van der Waals surface area contributed by atoms with Gasteiger partial charge in [0.1, 0.15) is 5.82 Å². The molecule has 2 atom stereocenters. The lowest BCUT2D eigenvalue weighted by atomic mass is 9.92. The number of carbonyl (C=O) groups excluding carboxylic acids is 1. The number of carbonyl (C=O) groups is 1. The fourth-order valence-corrected chi connectivity index (χ4v) is 4.64. The molecular weight excluding hydrogens is 385 g/mol. The monoisotopic (exact) mass is 413 g/mol. The Labute approximate surface area is 177 Å². The van der Waals surface area contributed by atoms with Gasteiger partial charge in [0.25, 0.3) is 0 Å². The second-order valence-electron chi connectivity index (χ2n) is 8.40. The van der Waals surface area contributed by atoms with Crippen LogP contribution in [0.1, 0.15) is 43.4 Å². The van der Waals surface area contributed by atoms with Crippen LogP contribution in [0.25, 0.3) is 0 Å². The maximum Gasteiger partial charge on any atom is 0.157 e. The van der Waals surface area contributed by atoms with Crippen molar-refractivity contribution >= 4 is 18.4 Å². The molecule has 0 N–H and O–H groups in total. The van der Waals surface area contributed by atoms with Gasteiger partial charge in [-0.05, 0) is 50.3 Å². The van der Waals surface area contributed by atoms with Crippen LogP contribution in [0.5, 0.6) is 0 Å². The average molecular weight is 414 g/mol. The van der Waals surface area contributed by atoms with Gasteiger partial charge in [0.05, 0.1) is 18.8 Å². The zero-order chi connectivity index (χ0) is 20.5. The molecule has 2 heterocycles. The molecule has 1 aromatic carbocycles. The van der Waals surface area contributed by atoms with Gasteiger partial charge in [0.15, 0.2) is 5.78 Å². The highest BCUT2D eigenvalue weighted by Gasteiger charge is 2.41. The van der Waals surface area contributed by atoms with Crippen molar-refractivity contribution in [2.45, 2.75) is 50.9 Å². The fourth-order valence-electron chi connectivity index (χ4n) is 4.22. The smallest absolute Gasteiger partial charge is 0.157 e. The molecule has 2 aliphatic rings. The number of allylic oxidation sites excluding steroid dienone is 1. The van der Waals surface area contributed by atoms with Crippen molar-refractivity contribution in [3.8, 4) is 0 Å². The van der Waals surface area contributed by atoms with Crippen molar-refractivity contribution < 1.29 is 9.18 Å². The minimum absolute atomic E-state index is 0.0777. The number of rotatable bonds is 6. The molecule has 1 saturated heterocycles. The molecule has 6 heteroatoms. The minimum Gasteiger partial charge on any atom is -0.297 e. The fraction of sp³-hybridized carbons (Fsp3) is 0.478. The lowest BCUT2D eigenvalue weighted by Crippen LogP contribution is -2.43. The number of nitrogens with zero attached hydrogens (tertiary/aromatic N) is 3. The first kappa shape index (κ1) is 20.4. The summed E-state index contributed by atoms with van der Waals surface area (Å²) in [5, 5.41) is 4.54. The zero-order valence-electron chi connectivity index (χ0n) is 17.0. The van der Waals surface area contributed by atoms with E-state index in [0.29, 0.717) is 18.7 Å². The lowest BCUT2D eigenvalue weighted by Gasteiger charge is -2.38. The van der Waals surface area contributed by atoms with E-state index in [1.807, 2.05) is 30.1 Å². The molecule has 1 aliphatic heterocycles. The number of aromatic nitrogens is 2. The van der Waals surface area contributed by atoms with E-state index in [2.05, 4.69) is 16.9 Å². The average Bonchev–Trinajstić information content (AvgIpc) is 3.47. The molecule has 1 saturated carbocycles. The summed E-state index contributed by atoms with van der Waals surface area (Å²) in [7, 11) is 0. The van der Waals surface area contributed by atoms with Crippen LogP contribution in [0.3, 0.4) is 0 Å². The van der Waals surface area contributed by atoms with Crippen LogP contribution in [0.2, 0.25) is 0 Å². The predicted molar refractivity (Wildman–Crippen MR) is 116 cm³/mol. The van der Waals surface area contributed by atoms with E-state index in [1.165, 1.54) is 17.2 Å². The van der Waals surface area contributed by atoms with E-state index in [9.17, 15) is 9.18 Å². The Balaban J connectivity index is 1.62. The molecule has 0 radical (unpaired) electrons. The number of hydrogen-bond acceptors (Lipinski definition) is 4. The van der Waals surface area contributed by atoms with Crippen molar-refractivity contribution in [1.29, 1.82) is 0 Å². The molecule has 0 bridgehead atoms. The molecule has 2 aromatic rings. The Bertz CT molecular complexity index is 934. The van der Waals surface area contributed by atoms with Gasteiger partial charge in [0.2, 0.25) is 0 Å². The van der Waals surface area contributed by atoms with E-state index in [4.69, 9.17) is 12.6 Å². The zero-order valence-corrected chi connectivity index (χ0v) is 17.9. The van der Waals surface area contributed by atoms with Gasteiger partial charge in [0, 0.05) is 36.0 Å². The van der Waals surface area contributed by atoms with Crippen molar-refractivity contribution in [2.24, 2.45) is 5.92 Å². The Morgan fingerprint density at radius 1 is 1.31 bits per heavy atom. The number of ketones is 1. The summed E-state index contributed by atoms with van der Waals surface area (Å²) in [6.07, 6.45) is 6.57. The summed E-state index contributed by atoms with van der Waals surface area (Å²) >= 11 is 4.82. The number of Topliss-reactive ketones (excluding diaryl/α,β-unsaturated/α-hetero) is 1. The first-order chi connectivity index (χ1) is 13.9. The van der Waals surface area contributed by atoms with Crippen LogP contribution >= 0.6 is 12.6 Å². The quantitative estimate of drug-likeness (QED) is 0.564. The standard InChI is InChI=1S/C23H28FN3OS/c1-15-11-25-27(12-15)13-16(2)19-14-26(10-9-21(19)29)22(23(28)17-7-8-17)18-5-3-4-6-20(18)24/h3-6,11-12,17,21-22,29H,7-10,13-14H2,1-2H3/b19-16+. The van der Waals surface area contributed by atoms with Crippen LogP contribution in [-0.2, 0) is 11.3 Å². The van der Waals surface area contributed by atoms with Gasteiger partial charge in [-0.3, -0.25) is 14.4 Å². The Morgan fingerprint density at radius 3 is 2.72 bits per heavy atom. The summed E-state index contributed by atoms with van der Waals surface area (Å²) in [5.41, 5.74) is 4.06. The predicted octanol–water partition coefficient (Wildman–Crippen LogP) is 4.37. The summed E-state index contributed by atoms with van der Waals surface area (Å²) in [5.74, 6) is -0.0601. The van der Waals surface area contributed by atoms with E-state index >= 15 is 0 Å². The molecule has 154 valence electrons. The molecule has 2 unspecified atom stereocenters. The van der Waals surface area contributed by atoms with Crippen LogP contribution in [0, 0.1) is 18.7 Å². The number of hydrogen-bond donors (Lipinski definition) is 1. The second-order valence-corrected chi connectivity index (χ2v) is 9.02. The molecule has 4 rings (SSSR count). The highest BCUT2D eigenvalue weighted by molar-refractivity contribution is 7.81. The maximum absolute atomic E-state index is 14.6. The molecule has 2 fully saturated rings. The van der Waals surface area contributed by atoms with E-state index in [1.54, 1.807) is 12.1 Å². The molecule has 4 nitrogen and oxygen atoms in total. The normalized spacial score (nSPS) is 23.1. The maximum atomic E-state index is 14.6. The topological polar surface area (TPSA) is 38.1 Å². The van der Waals surface area contributed by atoms with Gasteiger partial charge < -0.3 is 0 Å². The molecule has 1 aromatic heterocycles. The first-order valence-corrected chi connectivity index (χ1v) is 10.8. The highest BCUT2D eigenvalue weighted by atomic mass is 32.1. The third kappa shape index (κ3) is 4.48. The molecule has 1 aliphatic carbocycles. The second kappa shape index (κ2) is 8.44. The lowest BCUT2D eigenvalue weighted by molar-refractivity contribution is -0.126. The highest BCUT2D eigenvalue weighted by Crippen LogP contribution is 2.39. The first-order valence-electron chi connectivity index (χ1n) is 10.3. The summed E-state index contributed by atoms with van der Waals surface area (Å²) < 4.78 is 16.6. The van der Waals surface area contributed by atoms with E-state index < -0.39 is 6.04 Å². The molecular formula is C23H28FN3OS. The van der Waals surface area contributed by atoms with Gasteiger partial charge in [-0.15, -0.1) is 0 Å². The minimum atomic E-state index is -0.515. The van der Waals surface area contributed by atoms with Crippen LogP contribution < -0.4 is 0 Å². The van der Waals surface area contributed by atoms with Crippen molar-refractivity contribution in [3.63, 3.8) is 0 Å². The van der Waals surface area contributed by atoms with Gasteiger partial charge in [-0.2, -0.15) is 17.7 Å². The Hall–Kier alpha value is -1.92. The van der Waals surface area contributed by atoms with Gasteiger partial charge in [-0.1, -0.05) is 23.8 Å². The van der Waals surface area contributed by atoms with Crippen LogP contribution in [-0.4, -0.2) is 38.8 Å². The largest absolute Gasteiger partial charge is 0.297 e. The third-order valence-electron chi connectivity index (χ3n) is 5.99. The molecule has 0 spiro atoms. The van der Waals surface area contributed by atoms with Crippen molar-refractivity contribution in [3.05, 3.63) is 64.7 Å². The van der Waals surface area contributed by atoms with Crippen molar-refractivity contribution in [1.82, 2.24) is 14.7 Å².